The zero-order valence-electron chi connectivity index (χ0n) is 12.9. The number of ether oxygens (including phenoxy) is 2. The molecule has 1 aliphatic carbocycles. The van der Waals surface area contributed by atoms with Crippen LogP contribution in [-0.4, -0.2) is 12.1 Å². The first-order chi connectivity index (χ1) is 11.8. The van der Waals surface area contributed by atoms with E-state index in [1.807, 2.05) is 6.07 Å². The number of alkyl halides is 3. The first-order valence-electron chi connectivity index (χ1n) is 7.49. The molecule has 0 unspecified atom stereocenters. The average molecular weight is 350 g/mol. The van der Waals surface area contributed by atoms with Gasteiger partial charge in [0.05, 0.1) is 5.92 Å². The van der Waals surface area contributed by atoms with Crippen LogP contribution in [0, 0.1) is 11.3 Å². The lowest BCUT2D eigenvalue weighted by Gasteiger charge is -2.31. The van der Waals surface area contributed by atoms with Crippen molar-refractivity contribution >= 4 is 5.78 Å². The van der Waals surface area contributed by atoms with Crippen molar-refractivity contribution in [1.82, 2.24) is 0 Å². The average Bonchev–Trinajstić information content (AvgIpc) is 2.53. The molecule has 5 nitrogen and oxygen atoms in total. The third kappa shape index (κ3) is 3.31. The normalized spacial score (nSPS) is 20.7. The summed E-state index contributed by atoms with van der Waals surface area (Å²) in [7, 11) is 0. The fraction of sp³-hybridized carbons (Fsp3) is 0.294. The van der Waals surface area contributed by atoms with Gasteiger partial charge in [-0.15, -0.1) is 13.2 Å². The van der Waals surface area contributed by atoms with Gasteiger partial charge >= 0.3 is 6.36 Å². The number of allylic oxidation sites excluding steroid dienone is 3. The highest BCUT2D eigenvalue weighted by molar-refractivity contribution is 5.99. The molecule has 1 aromatic carbocycles. The number of Topliss-reactive ketones (excluding diaryl/α,β-unsaturated/α-hetero) is 1. The highest BCUT2D eigenvalue weighted by atomic mass is 19.4. The Morgan fingerprint density at radius 1 is 1.24 bits per heavy atom. The number of hydrogen-bond acceptors (Lipinski definition) is 5. The lowest BCUT2D eigenvalue weighted by Crippen LogP contribution is -2.27. The van der Waals surface area contributed by atoms with Gasteiger partial charge in [0.15, 0.2) is 5.78 Å². The summed E-state index contributed by atoms with van der Waals surface area (Å²) in [5.41, 5.74) is 6.69. The summed E-state index contributed by atoms with van der Waals surface area (Å²) in [5, 5.41) is 9.40. The Morgan fingerprint density at radius 3 is 2.52 bits per heavy atom. The number of rotatable bonds is 2. The largest absolute Gasteiger partial charge is 0.573 e. The van der Waals surface area contributed by atoms with Gasteiger partial charge in [0.25, 0.3) is 0 Å². The molecule has 0 saturated heterocycles. The number of nitriles is 1. The van der Waals surface area contributed by atoms with Crippen molar-refractivity contribution in [3.63, 3.8) is 0 Å². The third-order valence-corrected chi connectivity index (χ3v) is 4.05. The minimum Gasteiger partial charge on any atom is -0.444 e. The van der Waals surface area contributed by atoms with Gasteiger partial charge in [0.1, 0.15) is 23.2 Å². The molecule has 0 fully saturated rings. The van der Waals surface area contributed by atoms with E-state index in [0.29, 0.717) is 36.2 Å². The molecule has 0 aromatic heterocycles. The van der Waals surface area contributed by atoms with E-state index < -0.39 is 12.3 Å². The maximum Gasteiger partial charge on any atom is 0.573 e. The van der Waals surface area contributed by atoms with Crippen LogP contribution in [0.3, 0.4) is 0 Å². The van der Waals surface area contributed by atoms with Crippen LogP contribution in [0.5, 0.6) is 5.75 Å². The predicted octanol–water partition coefficient (Wildman–Crippen LogP) is 3.40. The molecule has 1 aromatic rings. The van der Waals surface area contributed by atoms with Crippen LogP contribution in [0.4, 0.5) is 13.2 Å². The number of carbonyl (C=O) groups excluding carboxylic acids is 1. The zero-order chi connectivity index (χ0) is 18.2. The lowest BCUT2D eigenvalue weighted by atomic mass is 9.77. The monoisotopic (exact) mass is 350 g/mol. The summed E-state index contributed by atoms with van der Waals surface area (Å²) in [6, 6.07) is 6.98. The number of benzene rings is 1. The van der Waals surface area contributed by atoms with E-state index in [-0.39, 0.29) is 23.0 Å². The molecule has 0 saturated carbocycles. The quantitative estimate of drug-likeness (QED) is 0.883. The Morgan fingerprint density at radius 2 is 1.92 bits per heavy atom. The van der Waals surface area contributed by atoms with Crippen LogP contribution in [0.25, 0.3) is 0 Å². The summed E-state index contributed by atoms with van der Waals surface area (Å²) >= 11 is 0. The van der Waals surface area contributed by atoms with Crippen LogP contribution < -0.4 is 10.5 Å². The van der Waals surface area contributed by atoms with E-state index in [9.17, 15) is 23.2 Å². The van der Waals surface area contributed by atoms with Crippen molar-refractivity contribution in [1.29, 1.82) is 5.26 Å². The summed E-state index contributed by atoms with van der Waals surface area (Å²) in [5.74, 6) is -0.948. The Labute approximate surface area is 141 Å². The molecule has 1 heterocycles. The van der Waals surface area contributed by atoms with Crippen LogP contribution >= 0.6 is 0 Å². The third-order valence-electron chi connectivity index (χ3n) is 4.05. The van der Waals surface area contributed by atoms with Crippen molar-refractivity contribution in [3.05, 3.63) is 52.6 Å². The molecule has 3 rings (SSSR count). The van der Waals surface area contributed by atoms with Gasteiger partial charge in [-0.05, 0) is 24.1 Å². The van der Waals surface area contributed by atoms with Gasteiger partial charge in [0.2, 0.25) is 5.88 Å². The first kappa shape index (κ1) is 16.9. The van der Waals surface area contributed by atoms with Crippen LogP contribution in [-0.2, 0) is 9.53 Å². The summed E-state index contributed by atoms with van der Waals surface area (Å²) in [6.07, 6.45) is -3.33. The van der Waals surface area contributed by atoms with E-state index in [4.69, 9.17) is 10.5 Å². The standard InChI is InChI=1S/C17H13F3N2O3/c18-17(19,20)25-10-6-4-9(5-7-10)14-11(8-21)16(22)24-13-3-1-2-12(23)15(13)14/h4-7,14H,1-3,22H2/t14-/m0/s1. The zero-order valence-corrected chi connectivity index (χ0v) is 12.9. The summed E-state index contributed by atoms with van der Waals surface area (Å²) < 4.78 is 46.1. The Kier molecular flexibility index (Phi) is 4.17. The second-order valence-corrected chi connectivity index (χ2v) is 5.66. The second-order valence-electron chi connectivity index (χ2n) is 5.66. The van der Waals surface area contributed by atoms with E-state index >= 15 is 0 Å². The van der Waals surface area contributed by atoms with E-state index in [0.717, 1.165) is 12.1 Å². The fourth-order valence-electron chi connectivity index (χ4n) is 3.05. The molecular weight excluding hydrogens is 337 g/mol. The number of hydrogen-bond donors (Lipinski definition) is 1. The highest BCUT2D eigenvalue weighted by Gasteiger charge is 2.38. The molecule has 0 amide bonds. The van der Waals surface area contributed by atoms with Gasteiger partial charge < -0.3 is 15.2 Å². The second kappa shape index (κ2) is 6.16. The summed E-state index contributed by atoms with van der Waals surface area (Å²) in [4.78, 5) is 12.4. The molecule has 0 radical (unpaired) electrons. The van der Waals surface area contributed by atoms with E-state index in [1.54, 1.807) is 0 Å². The molecular formula is C17H13F3N2O3. The Bertz CT molecular complexity index is 817. The lowest BCUT2D eigenvalue weighted by molar-refractivity contribution is -0.274. The fourth-order valence-corrected chi connectivity index (χ4v) is 3.05. The Hall–Kier alpha value is -2.95. The van der Waals surface area contributed by atoms with Gasteiger partial charge in [-0.2, -0.15) is 5.26 Å². The first-order valence-corrected chi connectivity index (χ1v) is 7.49. The van der Waals surface area contributed by atoms with Crippen molar-refractivity contribution in [3.8, 4) is 11.8 Å². The number of nitrogens with two attached hydrogens (primary N) is 1. The smallest absolute Gasteiger partial charge is 0.444 e. The maximum absolute atomic E-state index is 12.4. The molecule has 0 spiro atoms. The van der Waals surface area contributed by atoms with Crippen LogP contribution in [0.2, 0.25) is 0 Å². The minimum absolute atomic E-state index is 0.0680. The van der Waals surface area contributed by atoms with E-state index in [2.05, 4.69) is 4.74 Å². The number of carbonyl (C=O) groups is 1. The van der Waals surface area contributed by atoms with Crippen molar-refractivity contribution in [2.75, 3.05) is 0 Å². The van der Waals surface area contributed by atoms with E-state index in [1.165, 1.54) is 12.1 Å². The molecule has 25 heavy (non-hydrogen) atoms. The van der Waals surface area contributed by atoms with Crippen molar-refractivity contribution in [2.24, 2.45) is 5.73 Å². The van der Waals surface area contributed by atoms with Crippen molar-refractivity contribution in [2.45, 2.75) is 31.5 Å². The number of nitrogens with zero attached hydrogens (tertiary/aromatic N) is 1. The molecule has 130 valence electrons. The van der Waals surface area contributed by atoms with Crippen LogP contribution in [0.1, 0.15) is 30.7 Å². The number of ketones is 1. The number of halogens is 3. The van der Waals surface area contributed by atoms with Gasteiger partial charge in [-0.3, -0.25) is 4.79 Å². The predicted molar refractivity (Wildman–Crippen MR) is 79.7 cm³/mol. The van der Waals surface area contributed by atoms with Crippen LogP contribution in [0.15, 0.2) is 47.1 Å². The topological polar surface area (TPSA) is 85.3 Å². The van der Waals surface area contributed by atoms with Crippen molar-refractivity contribution < 1.29 is 27.4 Å². The molecule has 0 bridgehead atoms. The Balaban J connectivity index is 2.02. The SMILES string of the molecule is N#CC1=C(N)OC2=C(C(=O)CCC2)[C@H]1c1ccc(OC(F)(F)F)cc1. The molecule has 2 aliphatic rings. The minimum atomic E-state index is -4.79. The molecule has 1 atom stereocenters. The maximum atomic E-state index is 12.4. The van der Waals surface area contributed by atoms with Gasteiger partial charge in [0, 0.05) is 18.4 Å². The van der Waals surface area contributed by atoms with Gasteiger partial charge in [-0.1, -0.05) is 12.1 Å². The highest BCUT2D eigenvalue weighted by Crippen LogP contribution is 2.43. The molecule has 2 N–H and O–H groups in total. The summed E-state index contributed by atoms with van der Waals surface area (Å²) in [6.45, 7) is 0. The van der Waals surface area contributed by atoms with Gasteiger partial charge in [-0.25, -0.2) is 0 Å². The molecule has 8 heteroatoms. The molecule has 1 aliphatic heterocycles.